The fraction of sp³-hybridized carbons (Fsp3) is 0.0588. The van der Waals surface area contributed by atoms with Crippen LogP contribution in [-0.4, -0.2) is 21.6 Å². The van der Waals surface area contributed by atoms with Gasteiger partial charge in [-0.25, -0.2) is 0 Å². The molecule has 0 aliphatic carbocycles. The number of halogens is 3. The summed E-state index contributed by atoms with van der Waals surface area (Å²) in [7, 11) is -6.65. The number of nitrogens with zero attached hydrogens (tertiary/aromatic N) is 1. The summed E-state index contributed by atoms with van der Waals surface area (Å²) < 4.78 is 70.4. The van der Waals surface area contributed by atoms with Crippen molar-refractivity contribution in [2.45, 2.75) is 19.6 Å². The summed E-state index contributed by atoms with van der Waals surface area (Å²) in [5.74, 6) is -3.28. The van der Waals surface area contributed by atoms with Crippen LogP contribution in [0.5, 0.6) is 5.75 Å². The first-order valence-electron chi connectivity index (χ1n) is 19.7. The number of hydrogen-bond acceptors (Lipinski definition) is 5. The molecule has 9 aromatic rings. The van der Waals surface area contributed by atoms with Gasteiger partial charge in [-0.3, -0.25) is 9.59 Å². The monoisotopic (exact) mass is 1020 g/mol. The zero-order chi connectivity index (χ0) is 43.6. The average molecular weight is 1020 g/mol. The number of carbonyl (C=O) groups excluding carboxylic acids is 1. The minimum absolute atomic E-state index is 0. The summed E-state index contributed by atoms with van der Waals surface area (Å²) in [6, 6.07) is 60.5. The smallest absolute Gasteiger partial charge is 0.455 e. The number of benzene rings is 8. The van der Waals surface area contributed by atoms with E-state index < -0.39 is 43.1 Å². The van der Waals surface area contributed by atoms with Crippen molar-refractivity contribution >= 4 is 84.3 Å². The molecule has 1 heterocycles. The maximum atomic E-state index is 15.5. The Hall–Kier alpha value is -5.21. The summed E-state index contributed by atoms with van der Waals surface area (Å²) in [6.07, 6.45) is -5.24. The summed E-state index contributed by atoms with van der Waals surface area (Å²) in [5.41, 5.74) is -2.09. The predicted octanol–water partition coefficient (Wildman–Crippen LogP) is 9.74. The molecule has 0 fully saturated rings. The van der Waals surface area contributed by atoms with E-state index in [4.69, 9.17) is 0 Å². The summed E-state index contributed by atoms with van der Waals surface area (Å²) in [5, 5.41) is 17.7. The molecule has 8 aromatic carbocycles. The molecule has 0 bridgehead atoms. The van der Waals surface area contributed by atoms with E-state index in [1.807, 2.05) is 158 Å². The number of aromatic hydroxyl groups is 1. The Balaban J connectivity index is 0.000000206. The third kappa shape index (κ3) is 8.36. The standard InChI is InChI=1S/C34H26O2P2.C17H12F3NO3.Eu/c35-37(28-17-5-1-6-18-28,29-19-7-2-8-20-29)32-25-13-15-27-16-14-26-33(34(27)32)38(36,30-21-9-3-10-22-30)31-23-11-4-12-24-31;1-2-21-13-10-6-4-3-5-9(10)7-8-11(13)14(22)12(16(21)24)15(23)17(18,19)20;/h1-26H;3-8,22H,2H2,1H3;. The second-order valence-corrected chi connectivity index (χ2v) is 20.0. The van der Waals surface area contributed by atoms with E-state index in [1.54, 1.807) is 37.3 Å². The molecule has 0 saturated heterocycles. The Morgan fingerprint density at radius 1 is 0.540 bits per heavy atom. The number of hydrogen-bond donors (Lipinski definition) is 1. The second kappa shape index (κ2) is 18.9. The molecule has 12 heteroatoms. The van der Waals surface area contributed by atoms with Crippen LogP contribution < -0.4 is 37.4 Å². The molecule has 0 aliphatic heterocycles. The van der Waals surface area contributed by atoms with E-state index in [0.29, 0.717) is 21.5 Å². The van der Waals surface area contributed by atoms with Gasteiger partial charge in [0.25, 0.3) is 11.3 Å². The molecule has 0 aliphatic rings. The topological polar surface area (TPSA) is 93.4 Å². The van der Waals surface area contributed by atoms with Gasteiger partial charge < -0.3 is 18.8 Å². The van der Waals surface area contributed by atoms with Crippen LogP contribution >= 0.6 is 14.3 Å². The van der Waals surface area contributed by atoms with Crippen molar-refractivity contribution in [3.05, 3.63) is 210 Å². The number of fused-ring (bicyclic) bond motifs is 4. The van der Waals surface area contributed by atoms with E-state index in [2.05, 4.69) is 0 Å². The van der Waals surface area contributed by atoms with Crippen LogP contribution in [0.1, 0.15) is 17.3 Å². The van der Waals surface area contributed by atoms with Crippen LogP contribution in [0, 0.1) is 49.4 Å². The Morgan fingerprint density at radius 2 is 0.937 bits per heavy atom. The first kappa shape index (κ1) is 45.8. The molecule has 0 amide bonds. The Kier molecular flexibility index (Phi) is 13.7. The van der Waals surface area contributed by atoms with Crippen molar-refractivity contribution < 1.29 is 81.6 Å². The molecule has 0 atom stereocenters. The van der Waals surface area contributed by atoms with Crippen molar-refractivity contribution in [2.75, 3.05) is 0 Å². The van der Waals surface area contributed by atoms with Crippen LogP contribution in [0.3, 0.4) is 0 Å². The number of aryl methyl sites for hydroxylation is 1. The van der Waals surface area contributed by atoms with Crippen molar-refractivity contribution in [3.63, 3.8) is 0 Å². The van der Waals surface area contributed by atoms with Crippen molar-refractivity contribution in [1.29, 1.82) is 0 Å². The SMILES string of the molecule is CCn1c(=O)c(C(=O)C(F)(F)F)c(O)c2ccc3ccccc3c21.O=P(c1ccccc1)(c1ccccc1)c1cccc2cccc(P(=O)(c3ccccc3)c3ccccc3)c12.[Eu]. The third-order valence-electron chi connectivity index (χ3n) is 10.9. The third-order valence-corrected chi connectivity index (χ3v) is 17.1. The first-order valence-corrected chi connectivity index (χ1v) is 23.2. The Labute approximate surface area is 402 Å². The molecule has 63 heavy (non-hydrogen) atoms. The zero-order valence-electron chi connectivity index (χ0n) is 33.6. The molecule has 0 spiro atoms. The van der Waals surface area contributed by atoms with Crippen molar-refractivity contribution in [1.82, 2.24) is 4.57 Å². The van der Waals surface area contributed by atoms with Crippen LogP contribution in [0.15, 0.2) is 199 Å². The van der Waals surface area contributed by atoms with Gasteiger partial charge in [0.2, 0.25) is 0 Å². The Bertz CT molecular complexity index is 3060. The average Bonchev–Trinajstić information content (AvgIpc) is 3.31. The number of alkyl halides is 3. The Morgan fingerprint density at radius 3 is 1.35 bits per heavy atom. The number of Topliss-reactive ketones (excluding diaryl/α,β-unsaturated/α-hetero) is 1. The van der Waals surface area contributed by atoms with E-state index in [-0.39, 0.29) is 61.3 Å². The van der Waals surface area contributed by atoms with Gasteiger partial charge in [0.15, 0.2) is 14.3 Å². The van der Waals surface area contributed by atoms with Crippen LogP contribution in [0.25, 0.3) is 32.4 Å². The number of ketones is 1. The molecule has 1 radical (unpaired) electrons. The quantitative estimate of drug-likeness (QED) is 0.0931. The van der Waals surface area contributed by atoms with Gasteiger partial charge in [-0.05, 0) is 23.8 Å². The van der Waals surface area contributed by atoms with Crippen LogP contribution in [0.2, 0.25) is 0 Å². The zero-order valence-corrected chi connectivity index (χ0v) is 37.8. The summed E-state index contributed by atoms with van der Waals surface area (Å²) in [6.45, 7) is 1.64. The molecule has 1 aromatic heterocycles. The molecule has 6 nitrogen and oxygen atoms in total. The van der Waals surface area contributed by atoms with Crippen molar-refractivity contribution in [2.24, 2.45) is 0 Å². The summed E-state index contributed by atoms with van der Waals surface area (Å²) in [4.78, 5) is 24.0. The van der Waals surface area contributed by atoms with Crippen LogP contribution in [0.4, 0.5) is 13.2 Å². The largest absolute Gasteiger partial charge is 0.506 e. The van der Waals surface area contributed by atoms with Gasteiger partial charge in [0.05, 0.1) is 5.52 Å². The van der Waals surface area contributed by atoms with E-state index in [1.165, 1.54) is 6.07 Å². The maximum Gasteiger partial charge on any atom is 0.455 e. The number of rotatable bonds is 8. The van der Waals surface area contributed by atoms with E-state index in [0.717, 1.165) is 41.9 Å². The van der Waals surface area contributed by atoms with Gasteiger partial charge in [0, 0.05) is 104 Å². The van der Waals surface area contributed by atoms with E-state index >= 15 is 9.13 Å². The molecule has 315 valence electrons. The van der Waals surface area contributed by atoms with Gasteiger partial charge in [-0.2, -0.15) is 13.2 Å². The van der Waals surface area contributed by atoms with E-state index in [9.17, 15) is 27.9 Å². The molecule has 9 rings (SSSR count). The predicted molar refractivity (Wildman–Crippen MR) is 246 cm³/mol. The van der Waals surface area contributed by atoms with Gasteiger partial charge in [-0.1, -0.05) is 188 Å². The fourth-order valence-corrected chi connectivity index (χ4v) is 14.0. The molecule has 1 N–H and O–H groups in total. The van der Waals surface area contributed by atoms with Crippen LogP contribution in [-0.2, 0) is 15.7 Å². The molecule has 0 unspecified atom stereocenters. The number of pyridine rings is 1. The summed E-state index contributed by atoms with van der Waals surface area (Å²) >= 11 is 0. The molecule has 0 saturated carbocycles. The first-order chi connectivity index (χ1) is 29.9. The minimum atomic E-state index is -5.24. The molecular weight excluding hydrogens is 977 g/mol. The second-order valence-electron chi connectivity index (χ2n) is 14.5. The normalized spacial score (nSPS) is 11.7. The van der Waals surface area contributed by atoms with Gasteiger partial charge >= 0.3 is 6.18 Å². The van der Waals surface area contributed by atoms with Gasteiger partial charge in [0.1, 0.15) is 11.3 Å². The number of aromatic nitrogens is 1. The van der Waals surface area contributed by atoms with Gasteiger partial charge in [-0.15, -0.1) is 0 Å². The maximum absolute atomic E-state index is 15.5. The molecular formula is C51H38EuF3NO5P2. The fourth-order valence-electron chi connectivity index (χ4n) is 8.09. The number of carbonyl (C=O) groups is 1. The van der Waals surface area contributed by atoms with Crippen molar-refractivity contribution in [3.8, 4) is 5.75 Å². The minimum Gasteiger partial charge on any atom is -0.506 e.